The summed E-state index contributed by atoms with van der Waals surface area (Å²) in [7, 11) is 0. The summed E-state index contributed by atoms with van der Waals surface area (Å²) in [6.45, 7) is 9.73. The molecule has 122 valence electrons. The number of hydrogen-bond donors (Lipinski definition) is 2. The van der Waals surface area contributed by atoms with Gasteiger partial charge >= 0.3 is 0 Å². The second-order valence-corrected chi connectivity index (χ2v) is 7.62. The van der Waals surface area contributed by atoms with Gasteiger partial charge in [-0.05, 0) is 64.2 Å². The summed E-state index contributed by atoms with van der Waals surface area (Å²) in [6.07, 6.45) is 6.30. The van der Waals surface area contributed by atoms with E-state index < -0.39 is 5.60 Å². The Hall–Kier alpha value is -0.670. The average molecular weight is 296 g/mol. The molecule has 3 heteroatoms. The molecule has 0 aliphatic heterocycles. The molecule has 0 saturated heterocycles. The number of hydrogen-bond acceptors (Lipinski definition) is 3. The van der Waals surface area contributed by atoms with Gasteiger partial charge in [0, 0.05) is 6.42 Å². The van der Waals surface area contributed by atoms with Crippen molar-refractivity contribution in [1.82, 2.24) is 0 Å². The van der Waals surface area contributed by atoms with Gasteiger partial charge in [-0.25, -0.2) is 0 Å². The number of carbonyl (C=O) groups is 1. The van der Waals surface area contributed by atoms with Crippen LogP contribution in [0.15, 0.2) is 11.6 Å². The van der Waals surface area contributed by atoms with Crippen molar-refractivity contribution < 1.29 is 15.0 Å². The van der Waals surface area contributed by atoms with Gasteiger partial charge in [0.2, 0.25) is 0 Å². The summed E-state index contributed by atoms with van der Waals surface area (Å²) < 4.78 is 0. The van der Waals surface area contributed by atoms with Gasteiger partial charge in [-0.1, -0.05) is 25.5 Å². The van der Waals surface area contributed by atoms with Gasteiger partial charge in [-0.2, -0.15) is 0 Å². The Labute approximate surface area is 129 Å². The first-order valence-corrected chi connectivity index (χ1v) is 8.13. The molecule has 1 aliphatic rings. The third-order valence-corrected chi connectivity index (χ3v) is 5.25. The predicted octanol–water partition coefficient (Wildman–Crippen LogP) is 3.63. The van der Waals surface area contributed by atoms with Gasteiger partial charge in [0.25, 0.3) is 0 Å². The summed E-state index contributed by atoms with van der Waals surface area (Å²) in [4.78, 5) is 10.9. The summed E-state index contributed by atoms with van der Waals surface area (Å²) in [5.74, 6) is 0.309. The van der Waals surface area contributed by atoms with E-state index in [1.165, 1.54) is 5.57 Å². The van der Waals surface area contributed by atoms with E-state index in [-0.39, 0.29) is 23.2 Å². The number of carbonyl (C=O) groups excluding carboxylic acids is 1. The first-order chi connectivity index (χ1) is 9.57. The van der Waals surface area contributed by atoms with Crippen LogP contribution in [0, 0.1) is 11.3 Å². The molecular formula is C18H32O3. The molecule has 1 fully saturated rings. The smallest absolute Gasteiger partial charge is 0.130 e. The highest BCUT2D eigenvalue weighted by atomic mass is 16.3. The van der Waals surface area contributed by atoms with Crippen LogP contribution in [-0.2, 0) is 4.79 Å². The second kappa shape index (κ2) is 7.06. The number of allylic oxidation sites excluding steroid dienone is 2. The highest BCUT2D eigenvalue weighted by Crippen LogP contribution is 2.48. The molecule has 0 aromatic heterocycles. The number of rotatable bonds is 6. The molecule has 0 bridgehead atoms. The molecule has 2 N–H and O–H groups in total. The van der Waals surface area contributed by atoms with Crippen LogP contribution in [0.1, 0.15) is 73.1 Å². The topological polar surface area (TPSA) is 57.5 Å². The first kappa shape index (κ1) is 18.4. The maximum absolute atomic E-state index is 10.9. The quantitative estimate of drug-likeness (QED) is 0.736. The van der Waals surface area contributed by atoms with E-state index in [1.54, 1.807) is 6.92 Å². The van der Waals surface area contributed by atoms with Gasteiger partial charge in [0.15, 0.2) is 0 Å². The van der Waals surface area contributed by atoms with E-state index in [1.807, 2.05) is 6.92 Å². The van der Waals surface area contributed by atoms with Gasteiger partial charge in [0.1, 0.15) is 5.78 Å². The molecule has 0 amide bonds. The number of Topliss-reactive ketones (excluding diaryl/α,β-unsaturated/α-hetero) is 1. The van der Waals surface area contributed by atoms with Crippen LogP contribution < -0.4 is 0 Å². The molecule has 1 saturated carbocycles. The maximum atomic E-state index is 10.9. The summed E-state index contributed by atoms with van der Waals surface area (Å²) in [6, 6.07) is 0. The lowest BCUT2D eigenvalue weighted by atomic mass is 9.59. The first-order valence-electron chi connectivity index (χ1n) is 8.13. The predicted molar refractivity (Wildman–Crippen MR) is 86.0 cm³/mol. The van der Waals surface area contributed by atoms with E-state index in [4.69, 9.17) is 0 Å². The van der Waals surface area contributed by atoms with E-state index in [2.05, 4.69) is 26.8 Å². The highest BCUT2D eigenvalue weighted by molar-refractivity contribution is 5.75. The summed E-state index contributed by atoms with van der Waals surface area (Å²) in [5.41, 5.74) is 0.298. The minimum absolute atomic E-state index is 0.0879. The molecule has 1 rings (SSSR count). The molecule has 0 unspecified atom stereocenters. The highest BCUT2D eigenvalue weighted by Gasteiger charge is 2.49. The Morgan fingerprint density at radius 3 is 2.43 bits per heavy atom. The SMILES string of the molecule is CC(=O)CCC=C(C)CC[C@H]1C(C)(C)[C@@H](O)CC[C@@]1(C)O. The molecular weight excluding hydrogens is 264 g/mol. The molecule has 3 nitrogen and oxygen atoms in total. The largest absolute Gasteiger partial charge is 0.393 e. The average Bonchev–Trinajstić information content (AvgIpc) is 2.33. The van der Waals surface area contributed by atoms with Gasteiger partial charge in [0.05, 0.1) is 11.7 Å². The number of ketones is 1. The normalized spacial score (nSPS) is 33.0. The van der Waals surface area contributed by atoms with Gasteiger partial charge in [-0.15, -0.1) is 0 Å². The Bertz CT molecular complexity index is 393. The van der Waals surface area contributed by atoms with Crippen LogP contribution >= 0.6 is 0 Å². The van der Waals surface area contributed by atoms with Crippen molar-refractivity contribution in [3.8, 4) is 0 Å². The molecule has 3 atom stereocenters. The summed E-state index contributed by atoms with van der Waals surface area (Å²) in [5, 5.41) is 20.9. The standard InChI is InChI=1S/C18H32O3/c1-13(7-6-8-14(2)19)9-10-15-17(3,4)16(20)11-12-18(15,5)21/h7,15-16,20-21H,6,8-12H2,1-5H3/t15-,16-,18+/m0/s1. The van der Waals surface area contributed by atoms with Crippen molar-refractivity contribution in [2.45, 2.75) is 84.8 Å². The fourth-order valence-electron chi connectivity index (χ4n) is 3.69. The lowest BCUT2D eigenvalue weighted by Gasteiger charge is -2.51. The molecule has 0 radical (unpaired) electrons. The maximum Gasteiger partial charge on any atom is 0.130 e. The van der Waals surface area contributed by atoms with Crippen LogP contribution in [0.2, 0.25) is 0 Å². The fourth-order valence-corrected chi connectivity index (χ4v) is 3.69. The van der Waals surface area contributed by atoms with Crippen LogP contribution in [0.25, 0.3) is 0 Å². The monoisotopic (exact) mass is 296 g/mol. The number of aliphatic hydroxyl groups excluding tert-OH is 1. The molecule has 21 heavy (non-hydrogen) atoms. The minimum Gasteiger partial charge on any atom is -0.393 e. The zero-order valence-corrected chi connectivity index (χ0v) is 14.3. The van der Waals surface area contributed by atoms with Crippen LogP contribution in [0.3, 0.4) is 0 Å². The molecule has 1 aliphatic carbocycles. The van der Waals surface area contributed by atoms with Crippen LogP contribution in [-0.4, -0.2) is 27.7 Å². The second-order valence-electron chi connectivity index (χ2n) is 7.62. The van der Waals surface area contributed by atoms with Crippen molar-refractivity contribution in [2.75, 3.05) is 0 Å². The van der Waals surface area contributed by atoms with Crippen LogP contribution in [0.4, 0.5) is 0 Å². The Kier molecular flexibility index (Phi) is 6.18. The lowest BCUT2D eigenvalue weighted by Crippen LogP contribution is -2.53. The van der Waals surface area contributed by atoms with Gasteiger partial charge < -0.3 is 15.0 Å². The van der Waals surface area contributed by atoms with Crippen LogP contribution in [0.5, 0.6) is 0 Å². The Morgan fingerprint density at radius 2 is 1.86 bits per heavy atom. The zero-order chi connectivity index (χ0) is 16.3. The fraction of sp³-hybridized carbons (Fsp3) is 0.833. The third-order valence-electron chi connectivity index (χ3n) is 5.25. The zero-order valence-electron chi connectivity index (χ0n) is 14.3. The van der Waals surface area contributed by atoms with Crippen molar-refractivity contribution in [3.63, 3.8) is 0 Å². The van der Waals surface area contributed by atoms with E-state index in [0.717, 1.165) is 19.3 Å². The number of aliphatic hydroxyl groups is 2. The molecule has 0 heterocycles. The third kappa shape index (κ3) is 4.93. The summed E-state index contributed by atoms with van der Waals surface area (Å²) >= 11 is 0. The van der Waals surface area contributed by atoms with Gasteiger partial charge in [-0.3, -0.25) is 0 Å². The Balaban J connectivity index is 2.64. The Morgan fingerprint density at radius 1 is 1.24 bits per heavy atom. The molecule has 0 aromatic carbocycles. The van der Waals surface area contributed by atoms with Crippen molar-refractivity contribution in [2.24, 2.45) is 11.3 Å². The van der Waals surface area contributed by atoms with E-state index in [9.17, 15) is 15.0 Å². The van der Waals surface area contributed by atoms with E-state index in [0.29, 0.717) is 19.3 Å². The minimum atomic E-state index is -0.706. The van der Waals surface area contributed by atoms with Crippen molar-refractivity contribution in [3.05, 3.63) is 11.6 Å². The molecule has 0 aromatic rings. The van der Waals surface area contributed by atoms with Crippen molar-refractivity contribution in [1.29, 1.82) is 0 Å². The van der Waals surface area contributed by atoms with Crippen molar-refractivity contribution >= 4 is 5.78 Å². The molecule has 0 spiro atoms. The van der Waals surface area contributed by atoms with E-state index >= 15 is 0 Å². The lowest BCUT2D eigenvalue weighted by molar-refractivity contribution is -0.145.